The normalized spacial score (nSPS) is 12.3. The largest absolute Gasteiger partial charge is 0.462 e. The quantitative estimate of drug-likeness (QED) is 0.0349. The summed E-state index contributed by atoms with van der Waals surface area (Å²) in [6, 6.07) is 0. The number of carbonyl (C=O) groups excluding carboxylic acids is 2. The van der Waals surface area contributed by atoms with Gasteiger partial charge in [0.05, 0.1) is 6.61 Å². The summed E-state index contributed by atoms with van der Waals surface area (Å²) in [6.07, 6.45) is 55.0. The zero-order valence-electron chi connectivity index (χ0n) is 37.9. The van der Waals surface area contributed by atoms with Crippen LogP contribution in [-0.4, -0.2) is 37.9 Å². The molecule has 0 saturated carbocycles. The van der Waals surface area contributed by atoms with Crippen LogP contribution in [0.4, 0.5) is 0 Å². The topological polar surface area (TPSA) is 61.8 Å². The second-order valence-electron chi connectivity index (χ2n) is 16.7. The second-order valence-corrected chi connectivity index (χ2v) is 16.7. The molecule has 0 saturated heterocycles. The Labute approximate surface area is 349 Å². The van der Waals surface area contributed by atoms with Crippen molar-refractivity contribution in [3.63, 3.8) is 0 Å². The zero-order valence-corrected chi connectivity index (χ0v) is 37.9. The first-order chi connectivity index (χ1) is 27.6. The third kappa shape index (κ3) is 45.1. The lowest BCUT2D eigenvalue weighted by Crippen LogP contribution is -2.30. The number of hydrogen-bond donors (Lipinski definition) is 0. The van der Waals surface area contributed by atoms with Crippen LogP contribution in [-0.2, 0) is 23.8 Å². The monoisotopic (exact) mass is 789 g/mol. The van der Waals surface area contributed by atoms with Crippen LogP contribution in [0.25, 0.3) is 0 Å². The fraction of sp³-hybridized carbons (Fsp3) is 0.882. The van der Waals surface area contributed by atoms with Gasteiger partial charge in [-0.05, 0) is 51.4 Å². The third-order valence-electron chi connectivity index (χ3n) is 11.0. The lowest BCUT2D eigenvalue weighted by Gasteiger charge is -2.18. The summed E-state index contributed by atoms with van der Waals surface area (Å²) in [4.78, 5) is 25.1. The Morgan fingerprint density at radius 1 is 0.393 bits per heavy atom. The van der Waals surface area contributed by atoms with Gasteiger partial charge in [-0.15, -0.1) is 0 Å². The van der Waals surface area contributed by atoms with E-state index in [1.54, 1.807) is 0 Å². The van der Waals surface area contributed by atoms with Crippen molar-refractivity contribution in [2.75, 3.05) is 19.8 Å². The number of esters is 2. The van der Waals surface area contributed by atoms with Crippen molar-refractivity contribution in [1.82, 2.24) is 0 Å². The van der Waals surface area contributed by atoms with Crippen LogP contribution in [0.3, 0.4) is 0 Å². The lowest BCUT2D eigenvalue weighted by atomic mass is 10.0. The SMILES string of the molecule is CCCCC/C=C\C/C=C\CCCCCCCCCC(=O)OCC(COCCCCCCCCCCCCCCCCCCCC)OC(=O)CCCCCCC. The average Bonchev–Trinajstić information content (AvgIpc) is 3.20. The van der Waals surface area contributed by atoms with Gasteiger partial charge in [0.2, 0.25) is 0 Å². The summed E-state index contributed by atoms with van der Waals surface area (Å²) in [5.41, 5.74) is 0. The maximum Gasteiger partial charge on any atom is 0.306 e. The number of unbranched alkanes of at least 4 members (excludes halogenated alkanes) is 31. The van der Waals surface area contributed by atoms with Crippen molar-refractivity contribution < 1.29 is 23.8 Å². The van der Waals surface area contributed by atoms with Crippen molar-refractivity contribution in [3.05, 3.63) is 24.3 Å². The van der Waals surface area contributed by atoms with Gasteiger partial charge in [-0.3, -0.25) is 9.59 Å². The first-order valence-corrected chi connectivity index (χ1v) is 24.9. The first kappa shape index (κ1) is 54.4. The van der Waals surface area contributed by atoms with E-state index in [0.717, 1.165) is 51.4 Å². The van der Waals surface area contributed by atoms with E-state index in [1.807, 2.05) is 0 Å². The molecular formula is C51H96O5. The van der Waals surface area contributed by atoms with Gasteiger partial charge in [0, 0.05) is 19.4 Å². The van der Waals surface area contributed by atoms with E-state index >= 15 is 0 Å². The standard InChI is InChI=1S/C51H96O5/c1-4-7-10-13-15-17-19-21-23-25-27-29-31-33-35-37-40-43-46-54-47-49(56-51(53)45-42-38-12-9-6-3)48-55-50(52)44-41-39-36-34-32-30-28-26-24-22-20-18-16-14-11-8-5-2/h16,18,22,24,49H,4-15,17,19-21,23,25-48H2,1-3H3/b18-16-,24-22-. The molecule has 56 heavy (non-hydrogen) atoms. The Kier molecular flexibility index (Phi) is 46.4. The summed E-state index contributed by atoms with van der Waals surface area (Å²) >= 11 is 0. The molecule has 0 radical (unpaired) electrons. The maximum atomic E-state index is 12.6. The number of allylic oxidation sites excluding steroid dienone is 4. The molecule has 0 aliphatic heterocycles. The predicted molar refractivity (Wildman–Crippen MR) is 242 cm³/mol. The molecule has 0 bridgehead atoms. The Morgan fingerprint density at radius 2 is 0.750 bits per heavy atom. The highest BCUT2D eigenvalue weighted by molar-refractivity contribution is 5.70. The molecule has 0 aliphatic rings. The van der Waals surface area contributed by atoms with E-state index in [9.17, 15) is 9.59 Å². The van der Waals surface area contributed by atoms with Crippen molar-refractivity contribution in [1.29, 1.82) is 0 Å². The van der Waals surface area contributed by atoms with Crippen LogP contribution >= 0.6 is 0 Å². The van der Waals surface area contributed by atoms with E-state index in [4.69, 9.17) is 14.2 Å². The number of rotatable bonds is 46. The fourth-order valence-corrected chi connectivity index (χ4v) is 7.25. The van der Waals surface area contributed by atoms with Crippen LogP contribution in [0.2, 0.25) is 0 Å². The van der Waals surface area contributed by atoms with Gasteiger partial charge < -0.3 is 14.2 Å². The van der Waals surface area contributed by atoms with Crippen molar-refractivity contribution in [2.24, 2.45) is 0 Å². The molecule has 0 aliphatic carbocycles. The van der Waals surface area contributed by atoms with Crippen LogP contribution < -0.4 is 0 Å². The van der Waals surface area contributed by atoms with Crippen LogP contribution in [0.1, 0.15) is 265 Å². The highest BCUT2D eigenvalue weighted by Gasteiger charge is 2.17. The minimum atomic E-state index is -0.528. The Bertz CT molecular complexity index is 851. The van der Waals surface area contributed by atoms with Gasteiger partial charge in [0.15, 0.2) is 6.10 Å². The van der Waals surface area contributed by atoms with Gasteiger partial charge in [-0.25, -0.2) is 0 Å². The second kappa shape index (κ2) is 47.8. The van der Waals surface area contributed by atoms with Gasteiger partial charge >= 0.3 is 11.9 Å². The lowest BCUT2D eigenvalue weighted by molar-refractivity contribution is -0.163. The van der Waals surface area contributed by atoms with Crippen LogP contribution in [0.15, 0.2) is 24.3 Å². The van der Waals surface area contributed by atoms with E-state index in [-0.39, 0.29) is 18.5 Å². The van der Waals surface area contributed by atoms with Gasteiger partial charge in [0.1, 0.15) is 6.61 Å². The summed E-state index contributed by atoms with van der Waals surface area (Å²) in [5, 5.41) is 0. The summed E-state index contributed by atoms with van der Waals surface area (Å²) in [6.45, 7) is 7.77. The molecule has 0 heterocycles. The Balaban J connectivity index is 3.99. The van der Waals surface area contributed by atoms with Gasteiger partial charge in [0.25, 0.3) is 0 Å². The molecule has 0 aromatic rings. The number of carbonyl (C=O) groups is 2. The molecule has 0 aromatic carbocycles. The fourth-order valence-electron chi connectivity index (χ4n) is 7.25. The molecule has 330 valence electrons. The van der Waals surface area contributed by atoms with Crippen LogP contribution in [0.5, 0.6) is 0 Å². The molecule has 5 heteroatoms. The van der Waals surface area contributed by atoms with E-state index in [2.05, 4.69) is 45.1 Å². The first-order valence-electron chi connectivity index (χ1n) is 24.9. The van der Waals surface area contributed by atoms with Gasteiger partial charge in [-0.2, -0.15) is 0 Å². The highest BCUT2D eigenvalue weighted by atomic mass is 16.6. The summed E-state index contributed by atoms with van der Waals surface area (Å²) in [5.74, 6) is -0.405. The molecule has 0 amide bonds. The average molecular weight is 789 g/mol. The summed E-state index contributed by atoms with van der Waals surface area (Å²) in [7, 11) is 0. The maximum absolute atomic E-state index is 12.6. The molecule has 0 aromatic heterocycles. The molecule has 1 unspecified atom stereocenters. The molecule has 0 spiro atoms. The molecule has 5 nitrogen and oxygen atoms in total. The smallest absolute Gasteiger partial charge is 0.306 e. The van der Waals surface area contributed by atoms with E-state index < -0.39 is 6.10 Å². The molecule has 0 fully saturated rings. The number of ether oxygens (including phenoxy) is 3. The molecule has 0 N–H and O–H groups in total. The number of hydrogen-bond acceptors (Lipinski definition) is 5. The highest BCUT2D eigenvalue weighted by Crippen LogP contribution is 2.15. The van der Waals surface area contributed by atoms with Crippen molar-refractivity contribution >= 4 is 11.9 Å². The molecule has 1 atom stereocenters. The Morgan fingerprint density at radius 3 is 1.21 bits per heavy atom. The molecule has 0 rings (SSSR count). The Hall–Kier alpha value is -1.62. The van der Waals surface area contributed by atoms with Gasteiger partial charge in [-0.1, -0.05) is 225 Å². The van der Waals surface area contributed by atoms with Crippen molar-refractivity contribution in [2.45, 2.75) is 271 Å². The third-order valence-corrected chi connectivity index (χ3v) is 11.0. The minimum Gasteiger partial charge on any atom is -0.462 e. The minimum absolute atomic E-state index is 0.0865. The van der Waals surface area contributed by atoms with E-state index in [0.29, 0.717) is 26.1 Å². The predicted octanol–water partition coefficient (Wildman–Crippen LogP) is 16.5. The van der Waals surface area contributed by atoms with Crippen LogP contribution in [0, 0.1) is 0 Å². The van der Waals surface area contributed by atoms with Crippen molar-refractivity contribution in [3.8, 4) is 0 Å². The van der Waals surface area contributed by atoms with E-state index in [1.165, 1.54) is 180 Å². The summed E-state index contributed by atoms with van der Waals surface area (Å²) < 4.78 is 17.3. The zero-order chi connectivity index (χ0) is 40.7. The molecular weight excluding hydrogens is 693 g/mol.